The lowest BCUT2D eigenvalue weighted by Crippen LogP contribution is -2.39. The first kappa shape index (κ1) is 21.7. The highest BCUT2D eigenvalue weighted by Gasteiger charge is 2.20. The molecule has 0 fully saturated rings. The number of halogens is 2. The Morgan fingerprint density at radius 1 is 1.28 bits per heavy atom. The maximum absolute atomic E-state index is 14.0. The Bertz CT molecular complexity index is 1520. The van der Waals surface area contributed by atoms with Crippen LogP contribution in [-0.2, 0) is 6.54 Å². The van der Waals surface area contributed by atoms with E-state index in [4.69, 9.17) is 21.6 Å². The fourth-order valence-electron chi connectivity index (χ4n) is 3.29. The van der Waals surface area contributed by atoms with Crippen LogP contribution in [0.4, 0.5) is 4.39 Å². The van der Waals surface area contributed by atoms with E-state index in [2.05, 4.69) is 9.97 Å². The van der Waals surface area contributed by atoms with Gasteiger partial charge in [-0.05, 0) is 25.1 Å². The second kappa shape index (κ2) is 8.53. The molecular weight excluding hydrogens is 457 g/mol. The monoisotopic (exact) mass is 471 g/mol. The van der Waals surface area contributed by atoms with Gasteiger partial charge in [0.1, 0.15) is 4.70 Å². The summed E-state index contributed by atoms with van der Waals surface area (Å²) in [6, 6.07) is 6.20. The second-order valence-electron chi connectivity index (χ2n) is 6.79. The fourth-order valence-corrected chi connectivity index (χ4v) is 4.72. The number of fused-ring (bicyclic) bond motifs is 1. The smallest absolute Gasteiger partial charge is 0.337 e. The molecule has 3 heterocycles. The molecule has 11 heteroatoms. The molecule has 32 heavy (non-hydrogen) atoms. The summed E-state index contributed by atoms with van der Waals surface area (Å²) in [5, 5.41) is 9.18. The maximum Gasteiger partial charge on any atom is 0.337 e. The molecule has 0 atom stereocenters. The van der Waals surface area contributed by atoms with Crippen molar-refractivity contribution in [3.63, 3.8) is 0 Å². The van der Waals surface area contributed by atoms with Crippen LogP contribution in [0.2, 0.25) is 5.02 Å². The third-order valence-electron chi connectivity index (χ3n) is 4.75. The van der Waals surface area contributed by atoms with Gasteiger partial charge in [0.25, 0.3) is 5.56 Å². The van der Waals surface area contributed by atoms with Crippen molar-refractivity contribution in [2.75, 3.05) is 7.11 Å². The van der Waals surface area contributed by atoms with Gasteiger partial charge in [-0.15, -0.1) is 11.3 Å². The zero-order chi connectivity index (χ0) is 23.0. The van der Waals surface area contributed by atoms with Gasteiger partial charge in [-0.3, -0.25) is 14.3 Å². The highest BCUT2D eigenvalue weighted by atomic mass is 35.5. The van der Waals surface area contributed by atoms with Crippen molar-refractivity contribution in [3.8, 4) is 28.1 Å². The van der Waals surface area contributed by atoms with E-state index in [0.717, 1.165) is 22.0 Å². The van der Waals surface area contributed by atoms with Crippen molar-refractivity contribution in [2.24, 2.45) is 0 Å². The molecule has 4 rings (SSSR count). The molecule has 1 aromatic carbocycles. The minimum Gasteiger partial charge on any atom is -0.494 e. The molecule has 0 unspecified atom stereocenters. The molecule has 8 nitrogen and oxygen atoms in total. The number of rotatable bonds is 5. The lowest BCUT2D eigenvalue weighted by atomic mass is 10.1. The second-order valence-corrected chi connectivity index (χ2v) is 8.25. The normalized spacial score (nSPS) is 11.0. The van der Waals surface area contributed by atoms with Crippen LogP contribution in [0.15, 0.2) is 40.2 Å². The fraction of sp³-hybridized carbons (Fsp3) is 0.190. The molecule has 0 amide bonds. The standard InChI is InChI=1S/C21H15ClFN5O3S/c1-11-9-25-10-18(26-11)28-20(29)19-15(27(21(28)30)5-3-4-24)8-17(32-19)12-6-16(31-2)14(23)7-13(12)22/h6-10H,3,5H2,1-2H3. The Kier molecular flexibility index (Phi) is 5.78. The molecule has 0 aliphatic heterocycles. The van der Waals surface area contributed by atoms with Gasteiger partial charge in [-0.2, -0.15) is 5.26 Å². The summed E-state index contributed by atoms with van der Waals surface area (Å²) < 4.78 is 21.6. The molecule has 0 saturated carbocycles. The van der Waals surface area contributed by atoms with Crippen LogP contribution >= 0.6 is 22.9 Å². The van der Waals surface area contributed by atoms with Gasteiger partial charge in [0.2, 0.25) is 0 Å². The van der Waals surface area contributed by atoms with E-state index in [0.29, 0.717) is 21.7 Å². The average Bonchev–Trinajstić information content (AvgIpc) is 3.19. The zero-order valence-corrected chi connectivity index (χ0v) is 18.5. The van der Waals surface area contributed by atoms with Crippen LogP contribution in [0, 0.1) is 24.1 Å². The van der Waals surface area contributed by atoms with E-state index in [1.165, 1.54) is 30.1 Å². The number of aryl methyl sites for hydroxylation is 2. The molecule has 0 N–H and O–H groups in total. The zero-order valence-electron chi connectivity index (χ0n) is 16.9. The minimum absolute atomic E-state index is 0.00354. The molecular formula is C21H15ClFN5O3S. The van der Waals surface area contributed by atoms with Crippen LogP contribution in [0.25, 0.3) is 26.5 Å². The van der Waals surface area contributed by atoms with E-state index in [1.807, 2.05) is 6.07 Å². The number of nitriles is 1. The Labute approximate surface area is 189 Å². The SMILES string of the molecule is COc1cc(-c2cc3c(s2)c(=O)n(-c2cncc(C)n2)c(=O)n3CCC#N)c(Cl)cc1F. The van der Waals surface area contributed by atoms with Crippen LogP contribution in [-0.4, -0.2) is 26.2 Å². The lowest BCUT2D eigenvalue weighted by Gasteiger charge is -2.10. The Hall–Kier alpha value is -3.55. The van der Waals surface area contributed by atoms with Crippen molar-refractivity contribution >= 4 is 33.2 Å². The molecule has 3 aromatic heterocycles. The van der Waals surface area contributed by atoms with Crippen LogP contribution in [0.1, 0.15) is 12.1 Å². The molecule has 0 aliphatic rings. The maximum atomic E-state index is 14.0. The predicted octanol–water partition coefficient (Wildman–Crippen LogP) is 3.69. The number of aromatic nitrogens is 4. The Balaban J connectivity index is 2.05. The van der Waals surface area contributed by atoms with Crippen molar-refractivity contribution < 1.29 is 9.13 Å². The first-order valence-corrected chi connectivity index (χ1v) is 10.5. The summed E-state index contributed by atoms with van der Waals surface area (Å²) >= 11 is 7.36. The van der Waals surface area contributed by atoms with Crippen LogP contribution in [0.5, 0.6) is 5.75 Å². The first-order valence-electron chi connectivity index (χ1n) is 9.34. The van der Waals surface area contributed by atoms with E-state index >= 15 is 0 Å². The average molecular weight is 472 g/mol. The van der Waals surface area contributed by atoms with Crippen LogP contribution < -0.4 is 16.0 Å². The molecule has 0 spiro atoms. The summed E-state index contributed by atoms with van der Waals surface area (Å²) in [5.74, 6) is -0.533. The molecule has 162 valence electrons. The van der Waals surface area contributed by atoms with Crippen molar-refractivity contribution in [1.82, 2.24) is 19.1 Å². The molecule has 0 saturated heterocycles. The first-order chi connectivity index (χ1) is 15.3. The largest absolute Gasteiger partial charge is 0.494 e. The Morgan fingerprint density at radius 3 is 2.75 bits per heavy atom. The van der Waals surface area contributed by atoms with Crippen molar-refractivity contribution in [3.05, 3.63) is 68.0 Å². The molecule has 4 aromatic rings. The topological polar surface area (TPSA) is 103 Å². The number of ether oxygens (including phenoxy) is 1. The van der Waals surface area contributed by atoms with E-state index in [9.17, 15) is 14.0 Å². The Morgan fingerprint density at radius 2 is 2.06 bits per heavy atom. The van der Waals surface area contributed by atoms with Gasteiger partial charge < -0.3 is 4.74 Å². The summed E-state index contributed by atoms with van der Waals surface area (Å²) in [6.07, 6.45) is 2.89. The highest BCUT2D eigenvalue weighted by molar-refractivity contribution is 7.22. The summed E-state index contributed by atoms with van der Waals surface area (Å²) in [4.78, 5) is 35.4. The molecule has 0 bridgehead atoms. The number of thiophene rings is 1. The van der Waals surface area contributed by atoms with E-state index < -0.39 is 17.1 Å². The van der Waals surface area contributed by atoms with Gasteiger partial charge in [-0.25, -0.2) is 18.7 Å². The number of benzene rings is 1. The summed E-state index contributed by atoms with van der Waals surface area (Å²) in [6.45, 7) is 1.77. The van der Waals surface area contributed by atoms with Crippen molar-refractivity contribution in [1.29, 1.82) is 5.26 Å². The quantitative estimate of drug-likeness (QED) is 0.439. The highest BCUT2D eigenvalue weighted by Crippen LogP contribution is 2.38. The number of hydrogen-bond donors (Lipinski definition) is 0. The minimum atomic E-state index is -0.634. The lowest BCUT2D eigenvalue weighted by molar-refractivity contribution is 0.387. The number of nitrogens with zero attached hydrogens (tertiary/aromatic N) is 5. The van der Waals surface area contributed by atoms with Gasteiger partial charge >= 0.3 is 5.69 Å². The van der Waals surface area contributed by atoms with E-state index in [1.54, 1.807) is 13.0 Å². The van der Waals surface area contributed by atoms with Gasteiger partial charge in [-0.1, -0.05) is 11.6 Å². The summed E-state index contributed by atoms with van der Waals surface area (Å²) in [7, 11) is 1.34. The predicted molar refractivity (Wildman–Crippen MR) is 119 cm³/mol. The molecule has 0 aliphatic carbocycles. The van der Waals surface area contributed by atoms with Gasteiger partial charge in [0.05, 0.1) is 42.0 Å². The van der Waals surface area contributed by atoms with Gasteiger partial charge in [0, 0.05) is 23.2 Å². The van der Waals surface area contributed by atoms with Gasteiger partial charge in [0.15, 0.2) is 17.4 Å². The van der Waals surface area contributed by atoms with Crippen LogP contribution in [0.3, 0.4) is 0 Å². The third kappa shape index (κ3) is 3.66. The van der Waals surface area contributed by atoms with Crippen molar-refractivity contribution in [2.45, 2.75) is 19.9 Å². The third-order valence-corrected chi connectivity index (χ3v) is 6.21. The molecule has 0 radical (unpaired) electrons. The van der Waals surface area contributed by atoms with E-state index in [-0.39, 0.29) is 34.3 Å². The number of methoxy groups -OCH3 is 1. The summed E-state index contributed by atoms with van der Waals surface area (Å²) in [5.41, 5.74) is 0.136. The number of hydrogen-bond acceptors (Lipinski definition) is 7.